The Balaban J connectivity index is 2.08. The molecular weight excluding hydrogens is 280 g/mol. The van der Waals surface area contributed by atoms with E-state index in [-0.39, 0.29) is 6.61 Å². The average Bonchev–Trinajstić information content (AvgIpc) is 2.42. The summed E-state index contributed by atoms with van der Waals surface area (Å²) in [5.74, 6) is 0. The van der Waals surface area contributed by atoms with E-state index in [1.807, 2.05) is 42.5 Å². The first-order valence-electron chi connectivity index (χ1n) is 5.72. The minimum absolute atomic E-state index is 0.0438. The Bertz CT molecular complexity index is 589. The summed E-state index contributed by atoms with van der Waals surface area (Å²) < 4.78 is 0. The second-order valence-corrected chi connectivity index (χ2v) is 4.69. The highest BCUT2D eigenvalue weighted by Crippen LogP contribution is 2.21. The van der Waals surface area contributed by atoms with E-state index < -0.39 is 0 Å². The van der Waals surface area contributed by atoms with Crippen LogP contribution >= 0.6 is 23.8 Å². The molecule has 0 saturated heterocycles. The van der Waals surface area contributed by atoms with Crippen molar-refractivity contribution in [2.75, 3.05) is 10.6 Å². The van der Waals surface area contributed by atoms with Crippen LogP contribution in [-0.2, 0) is 6.61 Å². The zero-order valence-corrected chi connectivity index (χ0v) is 11.6. The quantitative estimate of drug-likeness (QED) is 0.756. The number of benzene rings is 2. The van der Waals surface area contributed by atoms with Gasteiger partial charge in [-0.1, -0.05) is 41.9 Å². The van der Waals surface area contributed by atoms with Gasteiger partial charge < -0.3 is 15.7 Å². The second kappa shape index (κ2) is 6.52. The van der Waals surface area contributed by atoms with Crippen LogP contribution in [-0.4, -0.2) is 10.2 Å². The van der Waals surface area contributed by atoms with Crippen LogP contribution in [0.5, 0.6) is 0 Å². The largest absolute Gasteiger partial charge is 0.392 e. The van der Waals surface area contributed by atoms with Gasteiger partial charge in [0, 0.05) is 11.3 Å². The summed E-state index contributed by atoms with van der Waals surface area (Å²) in [4.78, 5) is 0. The van der Waals surface area contributed by atoms with Crippen molar-refractivity contribution >= 4 is 40.3 Å². The Morgan fingerprint density at radius 2 is 1.58 bits per heavy atom. The van der Waals surface area contributed by atoms with Crippen LogP contribution in [0.25, 0.3) is 0 Å². The molecule has 5 heteroatoms. The van der Waals surface area contributed by atoms with Gasteiger partial charge in [0.05, 0.1) is 17.3 Å². The summed E-state index contributed by atoms with van der Waals surface area (Å²) in [5, 5.41) is 16.3. The van der Waals surface area contributed by atoms with Gasteiger partial charge in [-0.2, -0.15) is 0 Å². The molecule has 0 spiro atoms. The van der Waals surface area contributed by atoms with E-state index in [0.717, 1.165) is 16.9 Å². The van der Waals surface area contributed by atoms with E-state index >= 15 is 0 Å². The number of anilines is 2. The zero-order valence-electron chi connectivity index (χ0n) is 10.1. The molecule has 0 aromatic heterocycles. The van der Waals surface area contributed by atoms with E-state index in [0.29, 0.717) is 10.1 Å². The van der Waals surface area contributed by atoms with E-state index in [2.05, 4.69) is 10.6 Å². The number of thiocarbonyl (C=S) groups is 1. The number of para-hydroxylation sites is 2. The third-order valence-electron chi connectivity index (χ3n) is 2.56. The summed E-state index contributed by atoms with van der Waals surface area (Å²) in [7, 11) is 0. The smallest absolute Gasteiger partial charge is 0.175 e. The number of halogens is 1. The van der Waals surface area contributed by atoms with Crippen LogP contribution in [0.1, 0.15) is 5.56 Å². The molecule has 3 N–H and O–H groups in total. The third-order valence-corrected chi connectivity index (χ3v) is 3.09. The van der Waals surface area contributed by atoms with Crippen LogP contribution < -0.4 is 10.6 Å². The minimum Gasteiger partial charge on any atom is -0.392 e. The van der Waals surface area contributed by atoms with Crippen molar-refractivity contribution in [2.45, 2.75) is 6.61 Å². The number of nitrogens with one attached hydrogen (secondary N) is 2. The lowest BCUT2D eigenvalue weighted by atomic mass is 10.2. The van der Waals surface area contributed by atoms with Crippen LogP contribution in [0.2, 0.25) is 5.02 Å². The topological polar surface area (TPSA) is 44.3 Å². The molecule has 0 fully saturated rings. The van der Waals surface area contributed by atoms with Gasteiger partial charge in [0.2, 0.25) is 0 Å². The number of aliphatic hydroxyl groups excluding tert-OH is 1. The van der Waals surface area contributed by atoms with Gasteiger partial charge >= 0.3 is 0 Å². The molecule has 0 aliphatic carbocycles. The molecule has 0 amide bonds. The molecule has 0 aliphatic heterocycles. The molecule has 2 aromatic rings. The van der Waals surface area contributed by atoms with Crippen LogP contribution in [0, 0.1) is 0 Å². The first-order valence-corrected chi connectivity index (χ1v) is 6.50. The van der Waals surface area contributed by atoms with Gasteiger partial charge in [0.15, 0.2) is 5.11 Å². The lowest BCUT2D eigenvalue weighted by Gasteiger charge is -2.13. The number of rotatable bonds is 3. The molecule has 0 unspecified atom stereocenters. The van der Waals surface area contributed by atoms with E-state index in [1.165, 1.54) is 0 Å². The van der Waals surface area contributed by atoms with Gasteiger partial charge in [-0.05, 0) is 30.4 Å². The molecule has 0 bridgehead atoms. The Kier molecular flexibility index (Phi) is 4.74. The van der Waals surface area contributed by atoms with Gasteiger partial charge in [0.25, 0.3) is 0 Å². The lowest BCUT2D eigenvalue weighted by Crippen LogP contribution is -2.20. The highest BCUT2D eigenvalue weighted by atomic mass is 35.5. The maximum atomic E-state index is 9.24. The first-order chi connectivity index (χ1) is 9.20. The summed E-state index contributed by atoms with van der Waals surface area (Å²) in [6.45, 7) is -0.0438. The summed E-state index contributed by atoms with van der Waals surface area (Å²) >= 11 is 11.3. The monoisotopic (exact) mass is 292 g/mol. The zero-order chi connectivity index (χ0) is 13.7. The molecule has 3 nitrogen and oxygen atoms in total. The predicted octanol–water partition coefficient (Wildman–Crippen LogP) is 3.64. The average molecular weight is 293 g/mol. The van der Waals surface area contributed by atoms with Crippen molar-refractivity contribution in [3.8, 4) is 0 Å². The molecule has 2 rings (SSSR count). The highest BCUT2D eigenvalue weighted by Gasteiger charge is 2.04. The standard InChI is InChI=1S/C14H13ClN2OS/c15-11-6-2-4-8-13(11)17-14(19)16-12-7-3-1-5-10(12)9-18/h1-8,18H,9H2,(H2,16,17,19). The Morgan fingerprint density at radius 1 is 1.00 bits per heavy atom. The first kappa shape index (κ1) is 13.8. The van der Waals surface area contributed by atoms with Gasteiger partial charge in [-0.25, -0.2) is 0 Å². The summed E-state index contributed by atoms with van der Waals surface area (Å²) in [5.41, 5.74) is 2.29. The molecule has 98 valence electrons. The Hall–Kier alpha value is -1.62. The van der Waals surface area contributed by atoms with Gasteiger partial charge in [-0.3, -0.25) is 0 Å². The molecule has 19 heavy (non-hydrogen) atoms. The fraction of sp³-hybridized carbons (Fsp3) is 0.0714. The highest BCUT2D eigenvalue weighted by molar-refractivity contribution is 7.80. The number of hydrogen-bond donors (Lipinski definition) is 3. The molecule has 2 aromatic carbocycles. The fourth-order valence-corrected chi connectivity index (χ4v) is 2.02. The maximum Gasteiger partial charge on any atom is 0.175 e. The minimum atomic E-state index is -0.0438. The van der Waals surface area contributed by atoms with E-state index in [1.54, 1.807) is 6.07 Å². The van der Waals surface area contributed by atoms with Crippen LogP contribution in [0.3, 0.4) is 0 Å². The van der Waals surface area contributed by atoms with Crippen LogP contribution in [0.15, 0.2) is 48.5 Å². The summed E-state index contributed by atoms with van der Waals surface area (Å²) in [6.07, 6.45) is 0. The van der Waals surface area contributed by atoms with Crippen molar-refractivity contribution in [3.05, 3.63) is 59.1 Å². The molecule has 0 saturated carbocycles. The van der Waals surface area contributed by atoms with E-state index in [4.69, 9.17) is 23.8 Å². The molecule has 0 radical (unpaired) electrons. The third kappa shape index (κ3) is 3.67. The van der Waals surface area contributed by atoms with Gasteiger partial charge in [0.1, 0.15) is 0 Å². The van der Waals surface area contributed by atoms with Crippen molar-refractivity contribution in [2.24, 2.45) is 0 Å². The Morgan fingerprint density at radius 3 is 2.26 bits per heavy atom. The molecule has 0 atom stereocenters. The number of aliphatic hydroxyl groups is 1. The number of hydrogen-bond acceptors (Lipinski definition) is 2. The molecule has 0 aliphatic rings. The predicted molar refractivity (Wildman–Crippen MR) is 83.7 cm³/mol. The van der Waals surface area contributed by atoms with Crippen molar-refractivity contribution in [3.63, 3.8) is 0 Å². The summed E-state index contributed by atoms with van der Waals surface area (Å²) in [6, 6.07) is 14.8. The maximum absolute atomic E-state index is 9.24. The van der Waals surface area contributed by atoms with Crippen LogP contribution in [0.4, 0.5) is 11.4 Å². The Labute approximate surface area is 122 Å². The molecule has 0 heterocycles. The normalized spacial score (nSPS) is 10.0. The second-order valence-electron chi connectivity index (χ2n) is 3.87. The van der Waals surface area contributed by atoms with Crippen molar-refractivity contribution < 1.29 is 5.11 Å². The lowest BCUT2D eigenvalue weighted by molar-refractivity contribution is 0.282. The van der Waals surface area contributed by atoms with Crippen molar-refractivity contribution in [1.82, 2.24) is 0 Å². The molecular formula is C14H13ClN2OS. The fourth-order valence-electron chi connectivity index (χ4n) is 1.62. The van der Waals surface area contributed by atoms with Crippen molar-refractivity contribution in [1.29, 1.82) is 0 Å². The van der Waals surface area contributed by atoms with E-state index in [9.17, 15) is 5.11 Å². The van der Waals surface area contributed by atoms with Gasteiger partial charge in [-0.15, -0.1) is 0 Å². The SMILES string of the molecule is OCc1ccccc1NC(=S)Nc1ccccc1Cl.